The smallest absolute Gasteiger partial charge is 0.293 e. The Kier molecular flexibility index (Phi) is 12.4. The highest BCUT2D eigenvalue weighted by Crippen LogP contribution is 2.39. The molecule has 0 N–H and O–H groups in total. The molecule has 2 saturated carbocycles. The molecule has 2 aliphatic carbocycles. The van der Waals surface area contributed by atoms with E-state index in [2.05, 4.69) is 6.92 Å². The molecule has 0 atom stereocenters. The molecule has 0 bridgehead atoms. The zero-order valence-electron chi connectivity index (χ0n) is 18.7. The summed E-state index contributed by atoms with van der Waals surface area (Å²) in [7, 11) is 0. The third-order valence-electron chi connectivity index (χ3n) is 7.60. The summed E-state index contributed by atoms with van der Waals surface area (Å²) < 4.78 is 9.84. The van der Waals surface area contributed by atoms with Gasteiger partial charge in [-0.3, -0.25) is 9.59 Å². The van der Waals surface area contributed by atoms with Crippen molar-refractivity contribution in [3.05, 3.63) is 0 Å². The summed E-state index contributed by atoms with van der Waals surface area (Å²) >= 11 is 0. The van der Waals surface area contributed by atoms with E-state index in [9.17, 15) is 9.59 Å². The molecule has 2 fully saturated rings. The predicted molar refractivity (Wildman–Crippen MR) is 116 cm³/mol. The first-order chi connectivity index (χ1) is 14.2. The fraction of sp³-hybridized carbons (Fsp3) is 0.920. The number of hydrogen-bond donors (Lipinski definition) is 0. The molecule has 0 radical (unpaired) electrons. The molecule has 0 amide bonds. The Morgan fingerprint density at radius 2 is 1.14 bits per heavy atom. The van der Waals surface area contributed by atoms with Crippen LogP contribution in [-0.4, -0.2) is 26.2 Å². The molecule has 4 nitrogen and oxygen atoms in total. The summed E-state index contributed by atoms with van der Waals surface area (Å²) in [5.41, 5.74) is 0. The highest BCUT2D eigenvalue weighted by atomic mass is 16.5. The van der Waals surface area contributed by atoms with Gasteiger partial charge in [0.15, 0.2) is 0 Å². The summed E-state index contributed by atoms with van der Waals surface area (Å²) in [6, 6.07) is 0. The number of rotatable bonds is 15. The maximum absolute atomic E-state index is 10.5. The summed E-state index contributed by atoms with van der Waals surface area (Å²) in [6.07, 6.45) is 20.7. The van der Waals surface area contributed by atoms with Crippen LogP contribution in [0.5, 0.6) is 0 Å². The van der Waals surface area contributed by atoms with Crippen molar-refractivity contribution in [2.75, 3.05) is 13.2 Å². The van der Waals surface area contributed by atoms with Crippen LogP contribution in [0.2, 0.25) is 0 Å². The van der Waals surface area contributed by atoms with Gasteiger partial charge in [-0.25, -0.2) is 0 Å². The van der Waals surface area contributed by atoms with Crippen molar-refractivity contribution in [2.24, 2.45) is 29.6 Å². The van der Waals surface area contributed by atoms with Crippen molar-refractivity contribution in [3.63, 3.8) is 0 Å². The largest absolute Gasteiger partial charge is 0.467 e. The van der Waals surface area contributed by atoms with Crippen molar-refractivity contribution in [1.82, 2.24) is 0 Å². The Morgan fingerprint density at radius 3 is 1.59 bits per heavy atom. The standard InChI is InChI=1S/C25H44O4/c1-2-3-4-5-21-6-8-22(9-7-21)10-11-23-12-14-24(15-13-23)16-25(17-28-19-26)18-29-20-27/h19-25H,2-18H2,1H3. The van der Waals surface area contributed by atoms with Gasteiger partial charge in [-0.2, -0.15) is 0 Å². The Labute approximate surface area is 178 Å². The first-order valence-corrected chi connectivity index (χ1v) is 12.4. The van der Waals surface area contributed by atoms with Gasteiger partial charge in [0.25, 0.3) is 12.9 Å². The molecule has 168 valence electrons. The predicted octanol–water partition coefficient (Wildman–Crippen LogP) is 6.31. The lowest BCUT2D eigenvalue weighted by atomic mass is 9.73. The van der Waals surface area contributed by atoms with Crippen LogP contribution in [0.3, 0.4) is 0 Å². The van der Waals surface area contributed by atoms with Crippen LogP contribution < -0.4 is 0 Å². The van der Waals surface area contributed by atoms with Crippen LogP contribution >= 0.6 is 0 Å². The van der Waals surface area contributed by atoms with Crippen LogP contribution in [0.1, 0.15) is 103 Å². The first-order valence-electron chi connectivity index (χ1n) is 12.4. The van der Waals surface area contributed by atoms with Gasteiger partial charge in [0.2, 0.25) is 0 Å². The summed E-state index contributed by atoms with van der Waals surface area (Å²) in [5.74, 6) is 3.73. The van der Waals surface area contributed by atoms with Gasteiger partial charge in [0.05, 0.1) is 13.2 Å². The van der Waals surface area contributed by atoms with Crippen LogP contribution in [0.4, 0.5) is 0 Å². The maximum Gasteiger partial charge on any atom is 0.293 e. The van der Waals surface area contributed by atoms with E-state index in [0.717, 1.165) is 24.2 Å². The lowest BCUT2D eigenvalue weighted by Gasteiger charge is -2.33. The minimum Gasteiger partial charge on any atom is -0.467 e. The molecule has 2 rings (SSSR count). The molecule has 0 saturated heterocycles. The lowest BCUT2D eigenvalue weighted by molar-refractivity contribution is -0.133. The van der Waals surface area contributed by atoms with E-state index >= 15 is 0 Å². The van der Waals surface area contributed by atoms with E-state index in [1.54, 1.807) is 0 Å². The van der Waals surface area contributed by atoms with Crippen LogP contribution in [0, 0.1) is 29.6 Å². The highest BCUT2D eigenvalue weighted by Gasteiger charge is 2.26. The van der Waals surface area contributed by atoms with Crippen molar-refractivity contribution >= 4 is 12.9 Å². The molecule has 4 heteroatoms. The lowest BCUT2D eigenvalue weighted by Crippen LogP contribution is -2.23. The van der Waals surface area contributed by atoms with Crippen molar-refractivity contribution in [1.29, 1.82) is 0 Å². The summed E-state index contributed by atoms with van der Waals surface area (Å²) in [4.78, 5) is 20.9. The zero-order chi connectivity index (χ0) is 20.7. The molecule has 0 aromatic carbocycles. The SMILES string of the molecule is CCCCCC1CCC(CCC2CCC(CC(COC=O)COC=O)CC2)CC1. The molecular weight excluding hydrogens is 364 g/mol. The van der Waals surface area contributed by atoms with E-state index in [1.807, 2.05) is 0 Å². The molecule has 0 spiro atoms. The van der Waals surface area contributed by atoms with Crippen molar-refractivity contribution in [2.45, 2.75) is 103 Å². The van der Waals surface area contributed by atoms with Gasteiger partial charge in [0, 0.05) is 5.92 Å². The Morgan fingerprint density at radius 1 is 0.690 bits per heavy atom. The van der Waals surface area contributed by atoms with Gasteiger partial charge in [-0.1, -0.05) is 96.8 Å². The number of ether oxygens (including phenoxy) is 2. The molecule has 0 aromatic rings. The third kappa shape index (κ3) is 10.00. The zero-order valence-corrected chi connectivity index (χ0v) is 18.7. The fourth-order valence-corrected chi connectivity index (χ4v) is 5.73. The van der Waals surface area contributed by atoms with Gasteiger partial charge in [-0.15, -0.1) is 0 Å². The fourth-order valence-electron chi connectivity index (χ4n) is 5.73. The first kappa shape index (κ1) is 24.2. The second-order valence-corrected chi connectivity index (χ2v) is 9.81. The Bertz CT molecular complexity index is 411. The molecular formula is C25H44O4. The molecule has 0 heterocycles. The number of hydrogen-bond acceptors (Lipinski definition) is 4. The molecule has 0 aromatic heterocycles. The van der Waals surface area contributed by atoms with Crippen LogP contribution in [0.25, 0.3) is 0 Å². The molecule has 2 aliphatic rings. The van der Waals surface area contributed by atoms with Gasteiger partial charge >= 0.3 is 0 Å². The monoisotopic (exact) mass is 408 g/mol. The normalized spacial score (nSPS) is 27.5. The van der Waals surface area contributed by atoms with E-state index in [-0.39, 0.29) is 5.92 Å². The Hall–Kier alpha value is -1.06. The maximum atomic E-state index is 10.5. The van der Waals surface area contributed by atoms with Gasteiger partial charge in [-0.05, 0) is 30.1 Å². The number of carbonyl (C=O) groups excluding carboxylic acids is 2. The van der Waals surface area contributed by atoms with Crippen LogP contribution in [-0.2, 0) is 19.1 Å². The average molecular weight is 409 g/mol. The summed E-state index contributed by atoms with van der Waals surface area (Å²) in [6.45, 7) is 4.00. The summed E-state index contributed by atoms with van der Waals surface area (Å²) in [5, 5.41) is 0. The topological polar surface area (TPSA) is 52.6 Å². The quantitative estimate of drug-likeness (QED) is 0.235. The highest BCUT2D eigenvalue weighted by molar-refractivity contribution is 5.37. The van der Waals surface area contributed by atoms with E-state index in [4.69, 9.17) is 9.47 Å². The van der Waals surface area contributed by atoms with Gasteiger partial charge in [0.1, 0.15) is 0 Å². The second-order valence-electron chi connectivity index (χ2n) is 9.81. The minimum atomic E-state index is 0.138. The van der Waals surface area contributed by atoms with Crippen molar-refractivity contribution in [3.8, 4) is 0 Å². The average Bonchev–Trinajstić information content (AvgIpc) is 2.76. The molecule has 29 heavy (non-hydrogen) atoms. The second kappa shape index (κ2) is 14.8. The van der Waals surface area contributed by atoms with E-state index in [1.165, 1.54) is 89.9 Å². The molecule has 0 unspecified atom stereocenters. The van der Waals surface area contributed by atoms with Gasteiger partial charge < -0.3 is 9.47 Å². The molecule has 0 aliphatic heterocycles. The van der Waals surface area contributed by atoms with Crippen LogP contribution in [0.15, 0.2) is 0 Å². The third-order valence-corrected chi connectivity index (χ3v) is 7.60. The minimum absolute atomic E-state index is 0.138. The van der Waals surface area contributed by atoms with E-state index in [0.29, 0.717) is 32.1 Å². The number of carbonyl (C=O) groups is 2. The number of unbranched alkanes of at least 4 members (excludes halogenated alkanes) is 2. The van der Waals surface area contributed by atoms with Crippen molar-refractivity contribution < 1.29 is 19.1 Å². The Balaban J connectivity index is 1.57. The van der Waals surface area contributed by atoms with E-state index < -0.39 is 0 Å².